The Balaban J connectivity index is 1.58. The van der Waals surface area contributed by atoms with E-state index < -0.39 is 6.55 Å². The first kappa shape index (κ1) is 17.0. The third-order valence-corrected chi connectivity index (χ3v) is 4.92. The van der Waals surface area contributed by atoms with E-state index in [1.807, 2.05) is 6.07 Å². The molecule has 2 aromatic carbocycles. The molecular formula is C17H11ClF2N4OS. The molecule has 5 nitrogen and oxygen atoms in total. The number of benzene rings is 2. The van der Waals surface area contributed by atoms with Gasteiger partial charge in [-0.25, -0.2) is 4.98 Å². The third kappa shape index (κ3) is 3.17. The number of hydrogen-bond donors (Lipinski definition) is 0. The lowest BCUT2D eigenvalue weighted by Crippen LogP contribution is -2.00. The maximum absolute atomic E-state index is 13.4. The van der Waals surface area contributed by atoms with Gasteiger partial charge in [0.25, 0.3) is 0 Å². The van der Waals surface area contributed by atoms with Gasteiger partial charge in [-0.2, -0.15) is 8.78 Å². The normalized spacial score (nSPS) is 11.5. The van der Waals surface area contributed by atoms with E-state index in [0.29, 0.717) is 27.5 Å². The van der Waals surface area contributed by atoms with E-state index >= 15 is 0 Å². The topological polar surface area (TPSA) is 56.7 Å². The van der Waals surface area contributed by atoms with Crippen molar-refractivity contribution < 1.29 is 13.2 Å². The van der Waals surface area contributed by atoms with Crippen LogP contribution in [-0.4, -0.2) is 19.7 Å². The highest BCUT2D eigenvalue weighted by molar-refractivity contribution is 7.98. The van der Waals surface area contributed by atoms with E-state index in [-0.39, 0.29) is 16.8 Å². The van der Waals surface area contributed by atoms with Crippen molar-refractivity contribution in [2.45, 2.75) is 17.5 Å². The van der Waals surface area contributed by atoms with Gasteiger partial charge in [0.2, 0.25) is 11.8 Å². The van der Waals surface area contributed by atoms with Gasteiger partial charge in [0.1, 0.15) is 0 Å². The lowest BCUT2D eigenvalue weighted by Gasteiger charge is -2.05. The summed E-state index contributed by atoms with van der Waals surface area (Å²) >= 11 is 7.22. The van der Waals surface area contributed by atoms with Crippen molar-refractivity contribution in [2.75, 3.05) is 0 Å². The van der Waals surface area contributed by atoms with Crippen molar-refractivity contribution in [3.63, 3.8) is 0 Å². The van der Waals surface area contributed by atoms with Gasteiger partial charge in [-0.15, -0.1) is 10.2 Å². The molecule has 0 N–H and O–H groups in total. The second kappa shape index (κ2) is 7.05. The molecule has 0 bridgehead atoms. The fraction of sp³-hybridized carbons (Fsp3) is 0.118. The highest BCUT2D eigenvalue weighted by Gasteiger charge is 2.19. The van der Waals surface area contributed by atoms with Crippen LogP contribution in [0.1, 0.15) is 12.4 Å². The molecule has 0 saturated carbocycles. The molecule has 0 aliphatic carbocycles. The summed E-state index contributed by atoms with van der Waals surface area (Å²) in [6, 6.07) is 13.9. The quantitative estimate of drug-likeness (QED) is 0.424. The molecule has 0 aliphatic rings. The second-order valence-corrected chi connectivity index (χ2v) is 6.65. The van der Waals surface area contributed by atoms with Crippen LogP contribution in [0, 0.1) is 0 Å². The number of halogens is 3. The lowest BCUT2D eigenvalue weighted by molar-refractivity contribution is 0.0656. The van der Waals surface area contributed by atoms with Crippen LogP contribution in [0.5, 0.6) is 0 Å². The average molecular weight is 393 g/mol. The zero-order valence-electron chi connectivity index (χ0n) is 13.1. The monoisotopic (exact) mass is 392 g/mol. The van der Waals surface area contributed by atoms with Crippen molar-refractivity contribution in [1.29, 1.82) is 0 Å². The molecule has 132 valence electrons. The van der Waals surface area contributed by atoms with Crippen LogP contribution >= 0.6 is 23.4 Å². The minimum atomic E-state index is -2.69. The maximum atomic E-state index is 13.4. The number of rotatable bonds is 5. The Labute approximate surface area is 156 Å². The van der Waals surface area contributed by atoms with E-state index in [1.165, 1.54) is 0 Å². The summed E-state index contributed by atoms with van der Waals surface area (Å²) in [4.78, 5) is 4.26. The number of aromatic nitrogens is 4. The molecule has 2 aromatic heterocycles. The number of alkyl halides is 2. The van der Waals surface area contributed by atoms with Gasteiger partial charge in [-0.1, -0.05) is 47.6 Å². The molecule has 0 aliphatic heterocycles. The molecule has 0 saturated heterocycles. The molecule has 0 unspecified atom stereocenters. The van der Waals surface area contributed by atoms with Gasteiger partial charge in [-0.05, 0) is 24.3 Å². The predicted molar refractivity (Wildman–Crippen MR) is 95.3 cm³/mol. The Bertz CT molecular complexity index is 1070. The van der Waals surface area contributed by atoms with Gasteiger partial charge >= 0.3 is 6.55 Å². The van der Waals surface area contributed by atoms with Gasteiger partial charge in [0.05, 0.1) is 27.4 Å². The molecule has 26 heavy (non-hydrogen) atoms. The van der Waals surface area contributed by atoms with E-state index in [9.17, 15) is 8.78 Å². The summed E-state index contributed by atoms with van der Waals surface area (Å²) in [6.07, 6.45) is 0. The fourth-order valence-electron chi connectivity index (χ4n) is 2.49. The maximum Gasteiger partial charge on any atom is 0.321 e. The fourth-order valence-corrected chi connectivity index (χ4v) is 3.56. The molecule has 0 atom stereocenters. The first-order valence-electron chi connectivity index (χ1n) is 7.58. The van der Waals surface area contributed by atoms with Gasteiger partial charge in [0.15, 0.2) is 5.16 Å². The first-order chi connectivity index (χ1) is 12.6. The van der Waals surface area contributed by atoms with E-state index in [4.69, 9.17) is 16.0 Å². The Morgan fingerprint density at radius 1 is 1.08 bits per heavy atom. The van der Waals surface area contributed by atoms with Crippen LogP contribution in [0.15, 0.2) is 58.1 Å². The van der Waals surface area contributed by atoms with E-state index in [2.05, 4.69) is 15.2 Å². The smallest absolute Gasteiger partial charge is 0.321 e. The average Bonchev–Trinajstić information content (AvgIpc) is 3.24. The molecule has 9 heteroatoms. The number of thioether (sulfide) groups is 1. The van der Waals surface area contributed by atoms with Crippen LogP contribution in [0.25, 0.3) is 22.5 Å². The van der Waals surface area contributed by atoms with Crippen molar-refractivity contribution in [3.8, 4) is 11.5 Å². The van der Waals surface area contributed by atoms with Crippen molar-refractivity contribution in [2.24, 2.45) is 0 Å². The Kier molecular flexibility index (Phi) is 4.60. The Morgan fingerprint density at radius 3 is 2.65 bits per heavy atom. The van der Waals surface area contributed by atoms with Gasteiger partial charge < -0.3 is 4.42 Å². The lowest BCUT2D eigenvalue weighted by atomic mass is 10.2. The minimum absolute atomic E-state index is 0.193. The summed E-state index contributed by atoms with van der Waals surface area (Å²) in [5.74, 6) is 0.805. The highest BCUT2D eigenvalue weighted by Crippen LogP contribution is 2.32. The van der Waals surface area contributed by atoms with E-state index in [0.717, 1.165) is 16.3 Å². The van der Waals surface area contributed by atoms with Crippen molar-refractivity contribution in [3.05, 3.63) is 59.4 Å². The minimum Gasteiger partial charge on any atom is -0.420 e. The molecule has 0 fully saturated rings. The van der Waals surface area contributed by atoms with Crippen LogP contribution in [-0.2, 0) is 5.75 Å². The van der Waals surface area contributed by atoms with Crippen molar-refractivity contribution >= 4 is 34.4 Å². The molecule has 0 radical (unpaired) electrons. The summed E-state index contributed by atoms with van der Waals surface area (Å²) in [5, 5.41) is 8.62. The number of imidazole rings is 1. The van der Waals surface area contributed by atoms with Crippen LogP contribution in [0.4, 0.5) is 8.78 Å². The first-order valence-corrected chi connectivity index (χ1v) is 8.95. The molecule has 4 rings (SSSR count). The summed E-state index contributed by atoms with van der Waals surface area (Å²) in [7, 11) is 0. The summed E-state index contributed by atoms with van der Waals surface area (Å²) in [6.45, 7) is -2.69. The van der Waals surface area contributed by atoms with Gasteiger partial charge in [-0.3, -0.25) is 4.57 Å². The van der Waals surface area contributed by atoms with Gasteiger partial charge in [0, 0.05) is 0 Å². The zero-order valence-corrected chi connectivity index (χ0v) is 14.7. The molecule has 4 aromatic rings. The SMILES string of the molecule is FC(F)n1c(SCc2nnc(-c3ccccc3Cl)o2)nc2ccccc21. The largest absolute Gasteiger partial charge is 0.420 e. The summed E-state index contributed by atoms with van der Waals surface area (Å²) < 4.78 is 33.3. The van der Waals surface area contributed by atoms with Crippen molar-refractivity contribution in [1.82, 2.24) is 19.7 Å². The Morgan fingerprint density at radius 2 is 1.85 bits per heavy atom. The van der Waals surface area contributed by atoms with Crippen LogP contribution in [0.2, 0.25) is 5.02 Å². The van der Waals surface area contributed by atoms with E-state index in [1.54, 1.807) is 42.5 Å². The number of para-hydroxylation sites is 2. The number of fused-ring (bicyclic) bond motifs is 1. The molecular weight excluding hydrogens is 382 g/mol. The van der Waals surface area contributed by atoms with Crippen LogP contribution in [0.3, 0.4) is 0 Å². The Hall–Kier alpha value is -2.45. The molecule has 0 amide bonds. The molecule has 0 spiro atoms. The zero-order chi connectivity index (χ0) is 18.1. The second-order valence-electron chi connectivity index (χ2n) is 5.30. The van der Waals surface area contributed by atoms with Crippen LogP contribution < -0.4 is 0 Å². The number of hydrogen-bond acceptors (Lipinski definition) is 5. The number of nitrogens with zero attached hydrogens (tertiary/aromatic N) is 4. The third-order valence-electron chi connectivity index (χ3n) is 3.65. The highest BCUT2D eigenvalue weighted by atomic mass is 35.5. The standard InChI is InChI=1S/C17H11ClF2N4OS/c18-11-6-2-1-5-10(11)15-23-22-14(25-15)9-26-17-21-12-7-3-4-8-13(12)24(17)16(19)20/h1-8,16H,9H2. The summed E-state index contributed by atoms with van der Waals surface area (Å²) in [5.41, 5.74) is 1.52. The molecule has 2 heterocycles. The predicted octanol–water partition coefficient (Wildman–Crippen LogP) is 5.43.